The second-order valence-electron chi connectivity index (χ2n) is 4.56. The maximum Gasteiger partial charge on any atom is 0.325 e. The number of esters is 1. The number of rotatable bonds is 4. The van der Waals surface area contributed by atoms with E-state index in [1.165, 1.54) is 4.90 Å². The Hall–Kier alpha value is -1.79. The van der Waals surface area contributed by atoms with Gasteiger partial charge in [0, 0.05) is 13.1 Å². The number of nitrogens with two attached hydrogens (primary N) is 1. The molecule has 1 heterocycles. The molecule has 102 valence electrons. The lowest BCUT2D eigenvalue weighted by Gasteiger charge is -2.21. The monoisotopic (exact) mass is 257 g/mol. The molecule has 3 amide bonds. The van der Waals surface area contributed by atoms with Crippen LogP contribution in [0.25, 0.3) is 0 Å². The largest absolute Gasteiger partial charge is 0.465 e. The van der Waals surface area contributed by atoms with E-state index in [0.717, 1.165) is 0 Å². The molecule has 1 aliphatic rings. The van der Waals surface area contributed by atoms with E-state index in [-0.39, 0.29) is 25.7 Å². The van der Waals surface area contributed by atoms with Crippen LogP contribution in [0.15, 0.2) is 0 Å². The summed E-state index contributed by atoms with van der Waals surface area (Å²) in [5.41, 5.74) is 4.61. The molecule has 0 spiro atoms. The maximum absolute atomic E-state index is 11.7. The van der Waals surface area contributed by atoms with Gasteiger partial charge >= 0.3 is 12.0 Å². The number of urea groups is 1. The lowest BCUT2D eigenvalue weighted by atomic mass is 9.89. The van der Waals surface area contributed by atoms with Crippen LogP contribution >= 0.6 is 0 Å². The molecule has 1 saturated heterocycles. The highest BCUT2D eigenvalue weighted by Crippen LogP contribution is 2.29. The molecule has 1 rings (SSSR count). The average molecular weight is 257 g/mol. The van der Waals surface area contributed by atoms with Crippen molar-refractivity contribution < 1.29 is 19.1 Å². The summed E-state index contributed by atoms with van der Waals surface area (Å²) in [6.07, 6.45) is 0.537. The molecule has 7 heteroatoms. The third-order valence-electron chi connectivity index (χ3n) is 3.04. The van der Waals surface area contributed by atoms with Crippen molar-refractivity contribution in [3.8, 4) is 0 Å². The molecule has 1 unspecified atom stereocenters. The van der Waals surface area contributed by atoms with Crippen LogP contribution in [0.2, 0.25) is 0 Å². The molecule has 18 heavy (non-hydrogen) atoms. The third kappa shape index (κ3) is 3.35. The zero-order valence-electron chi connectivity index (χ0n) is 10.7. The second kappa shape index (κ2) is 5.70. The van der Waals surface area contributed by atoms with E-state index in [4.69, 9.17) is 5.73 Å². The Kier molecular flexibility index (Phi) is 4.52. The molecule has 0 aromatic heterocycles. The lowest BCUT2D eigenvalue weighted by Crippen LogP contribution is -2.44. The van der Waals surface area contributed by atoms with Gasteiger partial charge in [0.05, 0.1) is 12.0 Å². The van der Waals surface area contributed by atoms with Crippen LogP contribution in [0.5, 0.6) is 0 Å². The number of carbonyl (C=O) groups is 3. The van der Waals surface area contributed by atoms with Crippen molar-refractivity contribution in [2.75, 3.05) is 26.2 Å². The average Bonchev–Trinajstić information content (AvgIpc) is 2.71. The van der Waals surface area contributed by atoms with Crippen molar-refractivity contribution in [1.82, 2.24) is 10.2 Å². The summed E-state index contributed by atoms with van der Waals surface area (Å²) < 4.78 is 4.69. The van der Waals surface area contributed by atoms with Gasteiger partial charge in [-0.25, -0.2) is 4.79 Å². The molecule has 3 N–H and O–H groups in total. The van der Waals surface area contributed by atoms with Gasteiger partial charge in [-0.3, -0.25) is 9.59 Å². The second-order valence-corrected chi connectivity index (χ2v) is 4.56. The van der Waals surface area contributed by atoms with Crippen LogP contribution in [0, 0.1) is 5.41 Å². The fraction of sp³-hybridized carbons (Fsp3) is 0.727. The van der Waals surface area contributed by atoms with Crippen LogP contribution < -0.4 is 11.1 Å². The van der Waals surface area contributed by atoms with Gasteiger partial charge < -0.3 is 20.7 Å². The number of likely N-dealkylation sites (tertiary alicyclic amines) is 1. The van der Waals surface area contributed by atoms with Gasteiger partial charge in [-0.05, 0) is 20.3 Å². The van der Waals surface area contributed by atoms with Gasteiger partial charge in [-0.1, -0.05) is 0 Å². The molecular weight excluding hydrogens is 238 g/mol. The summed E-state index contributed by atoms with van der Waals surface area (Å²) in [5.74, 6) is -0.897. The number of nitrogens with zero attached hydrogens (tertiary/aromatic N) is 1. The van der Waals surface area contributed by atoms with E-state index in [9.17, 15) is 14.4 Å². The van der Waals surface area contributed by atoms with E-state index < -0.39 is 17.3 Å². The zero-order chi connectivity index (χ0) is 13.8. The molecule has 0 radical (unpaired) electrons. The summed E-state index contributed by atoms with van der Waals surface area (Å²) >= 11 is 0. The molecule has 0 aliphatic carbocycles. The van der Waals surface area contributed by atoms with E-state index in [0.29, 0.717) is 13.0 Å². The first-order chi connectivity index (χ1) is 8.39. The van der Waals surface area contributed by atoms with Gasteiger partial charge in [0.25, 0.3) is 0 Å². The van der Waals surface area contributed by atoms with Crippen molar-refractivity contribution in [2.24, 2.45) is 11.1 Å². The third-order valence-corrected chi connectivity index (χ3v) is 3.04. The normalized spacial score (nSPS) is 22.7. The standard InChI is InChI=1S/C11H19N3O4/c1-3-18-8(15)6-13-10(17)14-5-4-11(2,7-14)9(12)16/h3-7H2,1-2H3,(H2,12,16)(H,13,17). The Balaban J connectivity index is 2.41. The molecule has 7 nitrogen and oxygen atoms in total. The quantitative estimate of drug-likeness (QED) is 0.660. The number of nitrogens with one attached hydrogen (secondary N) is 1. The highest BCUT2D eigenvalue weighted by Gasteiger charge is 2.40. The molecule has 0 aromatic rings. The predicted molar refractivity (Wildman–Crippen MR) is 63.5 cm³/mol. The first-order valence-corrected chi connectivity index (χ1v) is 5.87. The summed E-state index contributed by atoms with van der Waals surface area (Å²) in [4.78, 5) is 35.5. The number of hydrogen-bond donors (Lipinski definition) is 2. The van der Waals surface area contributed by atoms with Crippen LogP contribution in [0.4, 0.5) is 4.79 Å². The van der Waals surface area contributed by atoms with Gasteiger partial charge in [0.15, 0.2) is 0 Å². The predicted octanol–water partition coefficient (Wildman–Crippen LogP) is -0.544. The zero-order valence-corrected chi connectivity index (χ0v) is 10.7. The number of amides is 3. The summed E-state index contributed by atoms with van der Waals surface area (Å²) in [6.45, 7) is 4.26. The van der Waals surface area contributed by atoms with E-state index in [1.807, 2.05) is 0 Å². The smallest absolute Gasteiger partial charge is 0.325 e. The van der Waals surface area contributed by atoms with Crippen LogP contribution in [0.1, 0.15) is 20.3 Å². The summed E-state index contributed by atoms with van der Waals surface area (Å²) in [7, 11) is 0. The molecule has 0 aromatic carbocycles. The van der Waals surface area contributed by atoms with E-state index in [1.54, 1.807) is 13.8 Å². The number of carbonyl (C=O) groups excluding carboxylic acids is 3. The topological polar surface area (TPSA) is 102 Å². The van der Waals surface area contributed by atoms with Crippen LogP contribution in [-0.2, 0) is 14.3 Å². The minimum atomic E-state index is -0.679. The van der Waals surface area contributed by atoms with Crippen molar-refractivity contribution in [3.05, 3.63) is 0 Å². The first kappa shape index (κ1) is 14.3. The SMILES string of the molecule is CCOC(=O)CNC(=O)N1CCC(C)(C(N)=O)C1. The number of hydrogen-bond acceptors (Lipinski definition) is 4. The Morgan fingerprint density at radius 3 is 2.61 bits per heavy atom. The van der Waals surface area contributed by atoms with E-state index in [2.05, 4.69) is 10.1 Å². The van der Waals surface area contributed by atoms with Crippen molar-refractivity contribution >= 4 is 17.9 Å². The molecule has 1 fully saturated rings. The molecular formula is C11H19N3O4. The number of primary amides is 1. The van der Waals surface area contributed by atoms with Gasteiger partial charge in [0.1, 0.15) is 6.54 Å². The summed E-state index contributed by atoms with van der Waals surface area (Å²) in [5, 5.41) is 2.45. The molecule has 0 saturated carbocycles. The fourth-order valence-corrected chi connectivity index (χ4v) is 1.81. The van der Waals surface area contributed by atoms with E-state index >= 15 is 0 Å². The summed E-state index contributed by atoms with van der Waals surface area (Å²) in [6, 6.07) is -0.381. The lowest BCUT2D eigenvalue weighted by molar-refractivity contribution is -0.141. The van der Waals surface area contributed by atoms with Crippen molar-refractivity contribution in [1.29, 1.82) is 0 Å². The first-order valence-electron chi connectivity index (χ1n) is 5.87. The van der Waals surface area contributed by atoms with Crippen LogP contribution in [-0.4, -0.2) is 49.0 Å². The molecule has 0 bridgehead atoms. The fourth-order valence-electron chi connectivity index (χ4n) is 1.81. The maximum atomic E-state index is 11.7. The van der Waals surface area contributed by atoms with Gasteiger partial charge in [-0.2, -0.15) is 0 Å². The molecule has 1 atom stereocenters. The minimum Gasteiger partial charge on any atom is -0.465 e. The molecule has 1 aliphatic heterocycles. The highest BCUT2D eigenvalue weighted by molar-refractivity contribution is 5.84. The Labute approximate surface area is 106 Å². The Bertz CT molecular complexity index is 358. The van der Waals surface area contributed by atoms with Gasteiger partial charge in [0.2, 0.25) is 5.91 Å². The highest BCUT2D eigenvalue weighted by atomic mass is 16.5. The Morgan fingerprint density at radius 2 is 2.11 bits per heavy atom. The van der Waals surface area contributed by atoms with Crippen LogP contribution in [0.3, 0.4) is 0 Å². The van der Waals surface area contributed by atoms with Gasteiger partial charge in [-0.15, -0.1) is 0 Å². The minimum absolute atomic E-state index is 0.170. The van der Waals surface area contributed by atoms with Crippen molar-refractivity contribution in [3.63, 3.8) is 0 Å². The Morgan fingerprint density at radius 1 is 1.44 bits per heavy atom. The number of ether oxygens (including phenoxy) is 1. The van der Waals surface area contributed by atoms with Crippen molar-refractivity contribution in [2.45, 2.75) is 20.3 Å².